The highest BCUT2D eigenvalue weighted by atomic mass is 32.2. The number of benzene rings is 2. The number of amides is 1. The van der Waals surface area contributed by atoms with Gasteiger partial charge < -0.3 is 24.3 Å². The summed E-state index contributed by atoms with van der Waals surface area (Å²) in [6.45, 7) is 4.91. The second-order valence-corrected chi connectivity index (χ2v) is 9.30. The molecule has 1 amide bonds. The minimum Gasteiger partial charge on any atom is -0.497 e. The van der Waals surface area contributed by atoms with Crippen molar-refractivity contribution >= 4 is 21.6 Å². The highest BCUT2D eigenvalue weighted by molar-refractivity contribution is 7.89. The molecule has 10 heteroatoms. The third-order valence-electron chi connectivity index (χ3n) is 4.82. The number of ether oxygens (including phenoxy) is 4. The van der Waals surface area contributed by atoms with Gasteiger partial charge in [-0.05, 0) is 50.2 Å². The SMILES string of the molecule is COc1ccc(OC)c(C(=O)Nc2cc(S(=O)(=O)N3CCOCC3)ccc2OC(C)C)c1. The van der Waals surface area contributed by atoms with Gasteiger partial charge in [-0.25, -0.2) is 8.42 Å². The molecule has 3 rings (SSSR count). The zero-order valence-corrected chi connectivity index (χ0v) is 19.4. The Kier molecular flexibility index (Phi) is 7.60. The van der Waals surface area contributed by atoms with Gasteiger partial charge in [0.2, 0.25) is 10.0 Å². The van der Waals surface area contributed by atoms with Gasteiger partial charge in [-0.3, -0.25) is 4.79 Å². The Morgan fingerprint density at radius 2 is 1.72 bits per heavy atom. The molecule has 1 N–H and O–H groups in total. The van der Waals surface area contributed by atoms with E-state index in [-0.39, 0.29) is 35.3 Å². The average Bonchev–Trinajstić information content (AvgIpc) is 2.79. The molecule has 0 bridgehead atoms. The van der Waals surface area contributed by atoms with Crippen molar-refractivity contribution in [2.45, 2.75) is 24.8 Å². The molecule has 1 saturated heterocycles. The van der Waals surface area contributed by atoms with Crippen molar-refractivity contribution in [3.05, 3.63) is 42.0 Å². The van der Waals surface area contributed by atoms with E-state index in [4.69, 9.17) is 18.9 Å². The first-order valence-corrected chi connectivity index (χ1v) is 11.6. The summed E-state index contributed by atoms with van der Waals surface area (Å²) in [5.74, 6) is 0.705. The van der Waals surface area contributed by atoms with Crippen LogP contribution in [0.2, 0.25) is 0 Å². The van der Waals surface area contributed by atoms with Crippen molar-refractivity contribution in [1.82, 2.24) is 4.31 Å². The zero-order valence-electron chi connectivity index (χ0n) is 18.6. The largest absolute Gasteiger partial charge is 0.497 e. The highest BCUT2D eigenvalue weighted by Gasteiger charge is 2.28. The monoisotopic (exact) mass is 464 g/mol. The summed E-state index contributed by atoms with van der Waals surface area (Å²) in [7, 11) is -0.794. The number of carbonyl (C=O) groups excluding carboxylic acids is 1. The van der Waals surface area contributed by atoms with E-state index in [2.05, 4.69) is 5.32 Å². The lowest BCUT2D eigenvalue weighted by Crippen LogP contribution is -2.40. The minimum absolute atomic E-state index is 0.0587. The number of rotatable bonds is 8. The topological polar surface area (TPSA) is 103 Å². The van der Waals surface area contributed by atoms with E-state index in [0.29, 0.717) is 30.5 Å². The number of nitrogens with one attached hydrogen (secondary N) is 1. The Labute approximate surface area is 188 Å². The normalized spacial score (nSPS) is 14.8. The lowest BCUT2D eigenvalue weighted by atomic mass is 10.1. The number of hydrogen-bond donors (Lipinski definition) is 1. The second-order valence-electron chi connectivity index (χ2n) is 7.36. The van der Waals surface area contributed by atoms with Crippen molar-refractivity contribution in [1.29, 1.82) is 0 Å². The zero-order chi connectivity index (χ0) is 23.3. The van der Waals surface area contributed by atoms with Gasteiger partial charge in [-0.2, -0.15) is 4.31 Å². The maximum Gasteiger partial charge on any atom is 0.259 e. The average molecular weight is 465 g/mol. The summed E-state index contributed by atoms with van der Waals surface area (Å²) in [5, 5.41) is 2.77. The van der Waals surface area contributed by atoms with Crippen LogP contribution in [0.3, 0.4) is 0 Å². The Morgan fingerprint density at radius 1 is 1.03 bits per heavy atom. The number of morpholine rings is 1. The Bertz CT molecular complexity index is 1060. The predicted octanol–water partition coefficient (Wildman–Crippen LogP) is 2.76. The number of hydrogen-bond acceptors (Lipinski definition) is 7. The van der Waals surface area contributed by atoms with Crippen LogP contribution in [0, 0.1) is 0 Å². The molecule has 2 aromatic carbocycles. The van der Waals surface area contributed by atoms with E-state index < -0.39 is 15.9 Å². The number of anilines is 1. The fourth-order valence-electron chi connectivity index (χ4n) is 3.24. The predicted molar refractivity (Wildman–Crippen MR) is 119 cm³/mol. The molecule has 0 saturated carbocycles. The summed E-state index contributed by atoms with van der Waals surface area (Å²) in [4.78, 5) is 13.1. The molecule has 174 valence electrons. The van der Waals surface area contributed by atoms with E-state index in [0.717, 1.165) is 0 Å². The van der Waals surface area contributed by atoms with Crippen molar-refractivity contribution in [2.75, 3.05) is 45.8 Å². The van der Waals surface area contributed by atoms with Gasteiger partial charge in [0.05, 0.1) is 49.7 Å². The molecule has 1 aliphatic rings. The van der Waals surface area contributed by atoms with Crippen molar-refractivity contribution < 1.29 is 32.2 Å². The van der Waals surface area contributed by atoms with Gasteiger partial charge in [0.25, 0.3) is 5.91 Å². The molecule has 1 aliphatic heterocycles. The first-order valence-electron chi connectivity index (χ1n) is 10.2. The fourth-order valence-corrected chi connectivity index (χ4v) is 4.68. The van der Waals surface area contributed by atoms with Crippen LogP contribution in [-0.2, 0) is 14.8 Å². The van der Waals surface area contributed by atoms with Crippen molar-refractivity contribution in [3.63, 3.8) is 0 Å². The summed E-state index contributed by atoms with van der Waals surface area (Å²) in [5.41, 5.74) is 0.478. The highest BCUT2D eigenvalue weighted by Crippen LogP contribution is 2.32. The maximum atomic E-state index is 13.1. The first kappa shape index (κ1) is 23.8. The molecule has 2 aromatic rings. The van der Waals surface area contributed by atoms with Crippen LogP contribution in [-0.4, -0.2) is 65.3 Å². The van der Waals surface area contributed by atoms with Gasteiger partial charge in [0.15, 0.2) is 0 Å². The van der Waals surface area contributed by atoms with E-state index in [1.165, 1.54) is 30.7 Å². The summed E-state index contributed by atoms with van der Waals surface area (Å²) >= 11 is 0. The molecular formula is C22H28N2O7S. The van der Waals surface area contributed by atoms with E-state index in [1.54, 1.807) is 24.3 Å². The Morgan fingerprint density at radius 3 is 2.34 bits per heavy atom. The van der Waals surface area contributed by atoms with Gasteiger partial charge in [-0.1, -0.05) is 0 Å². The Hall–Kier alpha value is -2.82. The number of sulfonamides is 1. The molecule has 1 heterocycles. The molecule has 0 aromatic heterocycles. The molecule has 0 spiro atoms. The number of nitrogens with zero attached hydrogens (tertiary/aromatic N) is 1. The van der Waals surface area contributed by atoms with Crippen LogP contribution >= 0.6 is 0 Å². The third kappa shape index (κ3) is 5.32. The van der Waals surface area contributed by atoms with Crippen LogP contribution in [0.1, 0.15) is 24.2 Å². The fraction of sp³-hybridized carbons (Fsp3) is 0.409. The molecule has 9 nitrogen and oxygen atoms in total. The first-order chi connectivity index (χ1) is 15.3. The molecule has 32 heavy (non-hydrogen) atoms. The van der Waals surface area contributed by atoms with Crippen LogP contribution in [0.25, 0.3) is 0 Å². The van der Waals surface area contributed by atoms with Gasteiger partial charge in [0.1, 0.15) is 17.2 Å². The van der Waals surface area contributed by atoms with Crippen LogP contribution in [0.5, 0.6) is 17.2 Å². The van der Waals surface area contributed by atoms with Crippen molar-refractivity contribution in [3.8, 4) is 17.2 Å². The summed E-state index contributed by atoms with van der Waals surface area (Å²) < 4.78 is 49.1. The smallest absolute Gasteiger partial charge is 0.259 e. The van der Waals surface area contributed by atoms with Gasteiger partial charge >= 0.3 is 0 Å². The number of carbonyl (C=O) groups is 1. The lowest BCUT2D eigenvalue weighted by molar-refractivity contribution is 0.0730. The summed E-state index contributed by atoms with van der Waals surface area (Å²) in [6.07, 6.45) is -0.182. The summed E-state index contributed by atoms with van der Waals surface area (Å²) in [6, 6.07) is 9.28. The van der Waals surface area contributed by atoms with Crippen LogP contribution in [0.15, 0.2) is 41.3 Å². The molecule has 0 radical (unpaired) electrons. The lowest BCUT2D eigenvalue weighted by Gasteiger charge is -2.26. The van der Waals surface area contributed by atoms with Crippen molar-refractivity contribution in [2.24, 2.45) is 0 Å². The maximum absolute atomic E-state index is 13.1. The molecule has 1 fully saturated rings. The third-order valence-corrected chi connectivity index (χ3v) is 6.72. The molecule has 0 aliphatic carbocycles. The molecule has 0 atom stereocenters. The van der Waals surface area contributed by atoms with Crippen LogP contribution < -0.4 is 19.5 Å². The molecule has 0 unspecified atom stereocenters. The van der Waals surface area contributed by atoms with E-state index >= 15 is 0 Å². The minimum atomic E-state index is -3.75. The standard InChI is InChI=1S/C22H28N2O7S/c1-15(2)31-21-8-6-17(32(26,27)24-9-11-30-12-10-24)14-19(21)23-22(25)18-13-16(28-3)5-7-20(18)29-4/h5-8,13-15H,9-12H2,1-4H3,(H,23,25). The Balaban J connectivity index is 1.98. The van der Waals surface area contributed by atoms with Gasteiger partial charge in [0, 0.05) is 13.1 Å². The van der Waals surface area contributed by atoms with E-state index in [9.17, 15) is 13.2 Å². The van der Waals surface area contributed by atoms with E-state index in [1.807, 2.05) is 13.8 Å². The second kappa shape index (κ2) is 10.2. The number of methoxy groups -OCH3 is 2. The van der Waals surface area contributed by atoms with Crippen LogP contribution in [0.4, 0.5) is 5.69 Å². The van der Waals surface area contributed by atoms with Gasteiger partial charge in [-0.15, -0.1) is 0 Å². The molecular weight excluding hydrogens is 436 g/mol. The quantitative estimate of drug-likeness (QED) is 0.641.